The molecule has 0 spiro atoms. The molecule has 1 unspecified atom stereocenters. The van der Waals surface area contributed by atoms with Crippen molar-refractivity contribution in [1.82, 2.24) is 0 Å². The van der Waals surface area contributed by atoms with Gasteiger partial charge in [0.25, 0.3) is 0 Å². The van der Waals surface area contributed by atoms with Gasteiger partial charge in [0.1, 0.15) is 30.5 Å². The third kappa shape index (κ3) is 5.21. The molecule has 5 atom stereocenters. The molecule has 0 heterocycles. The van der Waals surface area contributed by atoms with Gasteiger partial charge in [-0.3, -0.25) is 0 Å². The van der Waals surface area contributed by atoms with E-state index in [1.807, 2.05) is 0 Å². The zero-order valence-electron chi connectivity index (χ0n) is 8.30. The minimum atomic E-state index is -2.40. The molecule has 0 amide bonds. The molecule has 0 aromatic carbocycles. The van der Waals surface area contributed by atoms with Crippen molar-refractivity contribution in [2.45, 2.75) is 30.5 Å². The van der Waals surface area contributed by atoms with Gasteiger partial charge in [-0.1, -0.05) is 0 Å². The molecule has 0 bridgehead atoms. The molecule has 0 aromatic rings. The van der Waals surface area contributed by atoms with E-state index in [1.165, 1.54) is 0 Å². The second-order valence-electron chi connectivity index (χ2n) is 2.99. The first-order valence-electron chi connectivity index (χ1n) is 4.05. The van der Waals surface area contributed by atoms with Crippen LogP contribution in [0.4, 0.5) is 0 Å². The summed E-state index contributed by atoms with van der Waals surface area (Å²) in [5, 5.41) is 63.2. The van der Waals surface area contributed by atoms with Crippen LogP contribution in [0.5, 0.6) is 0 Å². The summed E-state index contributed by atoms with van der Waals surface area (Å²) in [6.45, 7) is -0.896. The normalized spacial score (nSPS) is 20.1. The van der Waals surface area contributed by atoms with Gasteiger partial charge in [0, 0.05) is 0 Å². The fraction of sp³-hybridized carbons (Fsp3) is 0.857. The Kier molecular flexibility index (Phi) is 10.1. The van der Waals surface area contributed by atoms with Gasteiger partial charge in [0.05, 0.1) is 12.6 Å². The van der Waals surface area contributed by atoms with Crippen LogP contribution in [0, 0.1) is 0 Å². The minimum Gasteiger partial charge on any atom is -0.547 e. The zero-order chi connectivity index (χ0) is 12.2. The van der Waals surface area contributed by atoms with Crippen LogP contribution < -0.4 is 5.11 Å². The molecule has 0 aliphatic rings. The smallest absolute Gasteiger partial charge is 0.547 e. The van der Waals surface area contributed by atoms with E-state index >= 15 is 0 Å². The first-order valence-corrected chi connectivity index (χ1v) is 4.05. The van der Waals surface area contributed by atoms with Gasteiger partial charge in [-0.15, -0.1) is 0 Å². The molecule has 6 N–H and O–H groups in total. The molecule has 90 valence electrons. The third-order valence-corrected chi connectivity index (χ3v) is 1.85. The van der Waals surface area contributed by atoms with Gasteiger partial charge in [-0.25, -0.2) is 0 Å². The van der Waals surface area contributed by atoms with Crippen LogP contribution in [0.2, 0.25) is 0 Å². The standard InChI is InChI=1S/C7H14O8.Ca/c8-1-2(9)3(10)4(11)5(12)6(13)7(14)15;/h2-6,8-13H,1H2,(H,14,15);/q;+2/p-1/t2?,3-,4-,5+,6-;/m1./s1. The maximum atomic E-state index is 10.1. The predicted molar refractivity (Wildman–Crippen MR) is 47.9 cm³/mol. The Morgan fingerprint density at radius 3 is 1.75 bits per heavy atom. The average molecular weight is 265 g/mol. The summed E-state index contributed by atoms with van der Waals surface area (Å²) in [6.07, 6.45) is -10.5. The second-order valence-corrected chi connectivity index (χ2v) is 2.99. The van der Waals surface area contributed by atoms with E-state index in [4.69, 9.17) is 30.6 Å². The van der Waals surface area contributed by atoms with E-state index in [2.05, 4.69) is 0 Å². The molecule has 0 saturated heterocycles. The van der Waals surface area contributed by atoms with E-state index in [9.17, 15) is 9.90 Å². The summed E-state index contributed by atoms with van der Waals surface area (Å²) in [6, 6.07) is 0. The van der Waals surface area contributed by atoms with Crippen molar-refractivity contribution < 1.29 is 40.5 Å². The maximum Gasteiger partial charge on any atom is 2.00 e. The summed E-state index contributed by atoms with van der Waals surface area (Å²) in [5.74, 6) is -2.03. The first-order chi connectivity index (χ1) is 6.82. The van der Waals surface area contributed by atoms with E-state index < -0.39 is 43.1 Å². The Hall–Kier alpha value is 0.490. The minimum absolute atomic E-state index is 0. The number of hydrogen-bond acceptors (Lipinski definition) is 8. The molecule has 9 heteroatoms. The zero-order valence-corrected chi connectivity index (χ0v) is 10.5. The van der Waals surface area contributed by atoms with Gasteiger partial charge in [-0.2, -0.15) is 0 Å². The van der Waals surface area contributed by atoms with Crippen LogP contribution in [0.1, 0.15) is 0 Å². The molecule has 16 heavy (non-hydrogen) atoms. The quantitative estimate of drug-likeness (QED) is 0.259. The predicted octanol–water partition coefficient (Wildman–Crippen LogP) is -5.85. The van der Waals surface area contributed by atoms with Crippen LogP contribution >= 0.6 is 0 Å². The van der Waals surface area contributed by atoms with Crippen molar-refractivity contribution in [2.24, 2.45) is 0 Å². The number of aliphatic hydroxyl groups excluding tert-OH is 6. The third-order valence-electron chi connectivity index (χ3n) is 1.85. The van der Waals surface area contributed by atoms with Crippen molar-refractivity contribution >= 4 is 43.7 Å². The van der Waals surface area contributed by atoms with Gasteiger partial charge >= 0.3 is 37.7 Å². The molecule has 8 nitrogen and oxygen atoms in total. The largest absolute Gasteiger partial charge is 2.00 e. The maximum absolute atomic E-state index is 10.1. The van der Waals surface area contributed by atoms with Gasteiger partial charge in [0.2, 0.25) is 0 Å². The Morgan fingerprint density at radius 2 is 1.44 bits per heavy atom. The van der Waals surface area contributed by atoms with Crippen molar-refractivity contribution in [2.75, 3.05) is 6.61 Å². The number of carbonyl (C=O) groups is 1. The summed E-state index contributed by atoms with van der Waals surface area (Å²) >= 11 is 0. The molecular weight excluding hydrogens is 252 g/mol. The van der Waals surface area contributed by atoms with E-state index in [-0.39, 0.29) is 37.7 Å². The van der Waals surface area contributed by atoms with Crippen LogP contribution in [-0.2, 0) is 4.79 Å². The topological polar surface area (TPSA) is 162 Å². The Morgan fingerprint density at radius 1 is 1.00 bits per heavy atom. The van der Waals surface area contributed by atoms with Crippen molar-refractivity contribution in [3.63, 3.8) is 0 Å². The van der Waals surface area contributed by atoms with Crippen molar-refractivity contribution in [3.05, 3.63) is 0 Å². The number of carboxylic acid groups (broad SMARTS) is 1. The van der Waals surface area contributed by atoms with E-state index in [0.29, 0.717) is 0 Å². The summed E-state index contributed by atoms with van der Waals surface area (Å²) in [5.41, 5.74) is 0. The molecular formula is C7H13CaO8+. The van der Waals surface area contributed by atoms with Crippen LogP contribution in [0.15, 0.2) is 0 Å². The number of carboxylic acids is 1. The molecule has 0 rings (SSSR count). The Balaban J connectivity index is 0. The van der Waals surface area contributed by atoms with Gasteiger partial charge in [-0.05, 0) is 0 Å². The number of aliphatic hydroxyl groups is 6. The fourth-order valence-corrected chi connectivity index (χ4v) is 0.864. The summed E-state index contributed by atoms with van der Waals surface area (Å²) in [7, 11) is 0. The second kappa shape index (κ2) is 8.56. The molecule has 0 fully saturated rings. The van der Waals surface area contributed by atoms with Crippen LogP contribution in [0.3, 0.4) is 0 Å². The van der Waals surface area contributed by atoms with Crippen molar-refractivity contribution in [1.29, 1.82) is 0 Å². The Labute approximate surface area is 121 Å². The number of carbonyl (C=O) groups excluding carboxylic acids is 1. The fourth-order valence-electron chi connectivity index (χ4n) is 0.864. The summed E-state index contributed by atoms with van der Waals surface area (Å²) in [4.78, 5) is 10.1. The SMILES string of the molecule is O=C([O-])[C@H](O)[C@@H](O)[C@H](O)[C@H](O)C(O)CO.[Ca+2]. The Bertz CT molecular complexity index is 213. The molecule has 0 saturated carbocycles. The molecule has 0 aliphatic heterocycles. The van der Waals surface area contributed by atoms with Gasteiger partial charge < -0.3 is 40.5 Å². The summed E-state index contributed by atoms with van der Waals surface area (Å²) < 4.78 is 0. The van der Waals surface area contributed by atoms with Crippen LogP contribution in [0.25, 0.3) is 0 Å². The number of aliphatic carboxylic acids is 1. The van der Waals surface area contributed by atoms with Crippen LogP contribution in [-0.4, -0.2) is 111 Å². The number of hydrogen-bond donors (Lipinski definition) is 6. The van der Waals surface area contributed by atoms with E-state index in [1.54, 1.807) is 0 Å². The molecule has 0 aliphatic carbocycles. The molecule has 0 radical (unpaired) electrons. The first kappa shape index (κ1) is 18.8. The van der Waals surface area contributed by atoms with E-state index in [0.717, 1.165) is 0 Å². The average Bonchev–Trinajstić information content (AvgIpc) is 2.23. The number of rotatable bonds is 6. The molecule has 0 aromatic heterocycles. The van der Waals surface area contributed by atoms with Crippen molar-refractivity contribution in [3.8, 4) is 0 Å². The monoisotopic (exact) mass is 265 g/mol. The van der Waals surface area contributed by atoms with Gasteiger partial charge in [0.15, 0.2) is 0 Å².